The third-order valence-electron chi connectivity index (χ3n) is 4.28. The first-order chi connectivity index (χ1) is 13.7. The molecule has 0 radical (unpaired) electrons. The van der Waals surface area contributed by atoms with Crippen LogP contribution in [0.5, 0.6) is 0 Å². The number of rotatable bonds is 10. The minimum Gasteiger partial charge on any atom is -0.382 e. The van der Waals surface area contributed by atoms with Gasteiger partial charge in [-0.05, 0) is 49.8 Å². The average molecular weight is 527 g/mol. The maximum Gasteiger partial charge on any atom is 0.190 e. The quantitative estimate of drug-likeness (QED) is 0.190. The lowest BCUT2D eigenvalue weighted by molar-refractivity contribution is 0.704. The summed E-state index contributed by atoms with van der Waals surface area (Å²) in [5.74, 6) is 2.38. The Labute approximate surface area is 194 Å². The van der Waals surface area contributed by atoms with Crippen LogP contribution in [0, 0.1) is 11.3 Å². The summed E-state index contributed by atoms with van der Waals surface area (Å²) in [6.07, 6.45) is 5.96. The van der Waals surface area contributed by atoms with Gasteiger partial charge in [0.15, 0.2) is 5.96 Å². The summed E-state index contributed by atoms with van der Waals surface area (Å²) in [4.78, 5) is 4.24. The zero-order valence-electron chi connectivity index (χ0n) is 17.0. The molecule has 0 aliphatic rings. The van der Waals surface area contributed by atoms with Crippen LogP contribution in [0.4, 0.5) is 5.82 Å². The Morgan fingerprint density at radius 3 is 2.52 bits per heavy atom. The van der Waals surface area contributed by atoms with Crippen LogP contribution in [0.2, 0.25) is 0 Å². The van der Waals surface area contributed by atoms with Crippen molar-refractivity contribution in [2.24, 2.45) is 4.99 Å². The third kappa shape index (κ3) is 7.78. The van der Waals surface area contributed by atoms with Gasteiger partial charge in [0.2, 0.25) is 0 Å². The summed E-state index contributed by atoms with van der Waals surface area (Å²) in [6.45, 7) is 1.66. The first-order valence-corrected chi connectivity index (χ1v) is 10.9. The van der Waals surface area contributed by atoms with Gasteiger partial charge in [-0.1, -0.05) is 18.2 Å². The molecule has 0 saturated heterocycles. The maximum absolute atomic E-state index is 9.47. The van der Waals surface area contributed by atoms with E-state index in [-0.39, 0.29) is 24.0 Å². The van der Waals surface area contributed by atoms with Gasteiger partial charge >= 0.3 is 0 Å². The number of thioether (sulfide) groups is 1. The number of halogens is 1. The number of nitrogen functional groups attached to an aromatic ring is 1. The second kappa shape index (κ2) is 14.1. The zero-order chi connectivity index (χ0) is 20.2. The molecule has 29 heavy (non-hydrogen) atoms. The summed E-state index contributed by atoms with van der Waals surface area (Å²) in [7, 11) is 1.77. The number of aliphatic imine (C=N–C) groups is 1. The Hall–Kier alpha value is -1.93. The number of anilines is 1. The van der Waals surface area contributed by atoms with Crippen molar-refractivity contribution in [2.45, 2.75) is 25.7 Å². The number of guanidine groups is 1. The molecular weight excluding hydrogens is 497 g/mol. The van der Waals surface area contributed by atoms with Gasteiger partial charge in [0.1, 0.15) is 17.5 Å². The Morgan fingerprint density at radius 2 is 1.90 bits per heavy atom. The van der Waals surface area contributed by atoms with Crippen LogP contribution in [-0.4, -0.2) is 47.9 Å². The van der Waals surface area contributed by atoms with E-state index >= 15 is 0 Å². The molecule has 1 heterocycles. The lowest BCUT2D eigenvalue weighted by atomic mass is 10.1. The summed E-state index contributed by atoms with van der Waals surface area (Å²) in [5.41, 5.74) is 8.18. The summed E-state index contributed by atoms with van der Waals surface area (Å²) in [5, 5.41) is 20.7. The van der Waals surface area contributed by atoms with E-state index in [2.05, 4.69) is 33.0 Å². The monoisotopic (exact) mass is 527 g/mol. The van der Waals surface area contributed by atoms with E-state index in [4.69, 9.17) is 5.73 Å². The molecule has 7 nitrogen and oxygen atoms in total. The molecule has 0 aliphatic heterocycles. The zero-order valence-corrected chi connectivity index (χ0v) is 20.2. The number of para-hydroxylation sites is 1. The Morgan fingerprint density at radius 1 is 1.21 bits per heavy atom. The van der Waals surface area contributed by atoms with Gasteiger partial charge in [-0.15, -0.1) is 24.0 Å². The molecule has 1 aromatic carbocycles. The molecule has 0 bridgehead atoms. The Balaban J connectivity index is 0.00000420. The van der Waals surface area contributed by atoms with Gasteiger partial charge in [0.05, 0.1) is 11.4 Å². The molecule has 1 aromatic heterocycles. The van der Waals surface area contributed by atoms with Crippen molar-refractivity contribution < 1.29 is 0 Å². The highest BCUT2D eigenvalue weighted by Gasteiger charge is 2.16. The number of unbranched alkanes of at least 4 members (excludes halogenated alkanes) is 1. The van der Waals surface area contributed by atoms with Crippen molar-refractivity contribution in [3.05, 3.63) is 41.6 Å². The predicted octanol–water partition coefficient (Wildman–Crippen LogP) is 3.18. The fraction of sp³-hybridized carbons (Fsp3) is 0.450. The Kier molecular flexibility index (Phi) is 12.2. The molecule has 2 aromatic rings. The number of nitriles is 1. The van der Waals surface area contributed by atoms with Crippen molar-refractivity contribution in [2.75, 3.05) is 37.9 Å². The first-order valence-electron chi connectivity index (χ1n) is 9.47. The fourth-order valence-corrected chi connectivity index (χ4v) is 3.30. The van der Waals surface area contributed by atoms with Crippen molar-refractivity contribution in [1.82, 2.24) is 20.4 Å². The molecule has 0 aliphatic carbocycles. The van der Waals surface area contributed by atoms with Crippen LogP contribution in [0.3, 0.4) is 0 Å². The van der Waals surface area contributed by atoms with Crippen molar-refractivity contribution in [3.8, 4) is 11.8 Å². The topological polar surface area (TPSA) is 104 Å². The van der Waals surface area contributed by atoms with E-state index in [1.165, 1.54) is 12.2 Å². The van der Waals surface area contributed by atoms with Gasteiger partial charge in [-0.2, -0.15) is 22.1 Å². The lowest BCUT2D eigenvalue weighted by Gasteiger charge is -2.11. The minimum absolute atomic E-state index is 0. The number of hydrogen-bond donors (Lipinski definition) is 3. The van der Waals surface area contributed by atoms with E-state index in [1.54, 1.807) is 11.7 Å². The molecule has 2 rings (SSSR count). The van der Waals surface area contributed by atoms with Crippen LogP contribution < -0.4 is 16.4 Å². The van der Waals surface area contributed by atoms with E-state index in [0.29, 0.717) is 17.8 Å². The molecular formula is C20H30IN7S. The number of nitrogens with two attached hydrogens (primary N) is 1. The molecule has 4 N–H and O–H groups in total. The minimum atomic E-state index is 0. The average Bonchev–Trinajstić information content (AvgIpc) is 3.05. The number of nitrogens with one attached hydrogen (secondary N) is 2. The summed E-state index contributed by atoms with van der Waals surface area (Å²) in [6, 6.07) is 11.8. The van der Waals surface area contributed by atoms with Crippen molar-refractivity contribution in [3.63, 3.8) is 0 Å². The number of hydrogen-bond acceptors (Lipinski definition) is 5. The molecule has 0 spiro atoms. The van der Waals surface area contributed by atoms with Gasteiger partial charge in [0.25, 0.3) is 0 Å². The molecule has 0 atom stereocenters. The molecule has 9 heteroatoms. The number of aryl methyl sites for hydroxylation is 1. The second-order valence-corrected chi connectivity index (χ2v) is 7.28. The summed E-state index contributed by atoms with van der Waals surface area (Å²) < 4.78 is 1.64. The standard InChI is InChI=1S/C20H29N7S.HI/c1-23-20(24-12-6-7-14-28-2)25-13-8-11-18-17(15-21)19(22)27(26-18)16-9-4-3-5-10-16;/h3-5,9-10H,6-8,11-14,22H2,1-2H3,(H2,23,24,25);1H. The van der Waals surface area contributed by atoms with Crippen LogP contribution in [0.15, 0.2) is 35.3 Å². The van der Waals surface area contributed by atoms with Crippen LogP contribution in [0.1, 0.15) is 30.5 Å². The Bertz CT molecular complexity index is 799. The van der Waals surface area contributed by atoms with E-state index in [9.17, 15) is 5.26 Å². The lowest BCUT2D eigenvalue weighted by Crippen LogP contribution is -2.38. The van der Waals surface area contributed by atoms with Crippen LogP contribution >= 0.6 is 35.7 Å². The predicted molar refractivity (Wildman–Crippen MR) is 133 cm³/mol. The van der Waals surface area contributed by atoms with Gasteiger partial charge in [-0.3, -0.25) is 4.99 Å². The van der Waals surface area contributed by atoms with Gasteiger partial charge < -0.3 is 16.4 Å². The second-order valence-electron chi connectivity index (χ2n) is 6.30. The maximum atomic E-state index is 9.47. The van der Waals surface area contributed by atoms with E-state index in [1.807, 2.05) is 42.1 Å². The number of aromatic nitrogens is 2. The largest absolute Gasteiger partial charge is 0.382 e. The highest BCUT2D eigenvalue weighted by Crippen LogP contribution is 2.21. The van der Waals surface area contributed by atoms with Gasteiger partial charge in [-0.25, -0.2) is 4.68 Å². The normalized spacial score (nSPS) is 10.9. The summed E-state index contributed by atoms with van der Waals surface area (Å²) >= 11 is 1.87. The van der Waals surface area contributed by atoms with Crippen molar-refractivity contribution in [1.29, 1.82) is 5.26 Å². The smallest absolute Gasteiger partial charge is 0.190 e. The SMILES string of the molecule is CN=C(NCCCCSC)NCCCc1nn(-c2ccccc2)c(N)c1C#N.I. The van der Waals surface area contributed by atoms with Crippen LogP contribution in [0.25, 0.3) is 5.69 Å². The van der Waals surface area contributed by atoms with E-state index < -0.39 is 0 Å². The van der Waals surface area contributed by atoms with Crippen LogP contribution in [-0.2, 0) is 6.42 Å². The molecule has 0 amide bonds. The number of benzene rings is 1. The fourth-order valence-electron chi connectivity index (χ4n) is 2.80. The molecule has 0 unspecified atom stereocenters. The van der Waals surface area contributed by atoms with Crippen molar-refractivity contribution >= 4 is 47.5 Å². The first kappa shape index (κ1) is 25.1. The molecule has 158 valence electrons. The third-order valence-corrected chi connectivity index (χ3v) is 4.98. The molecule has 0 saturated carbocycles. The highest BCUT2D eigenvalue weighted by atomic mass is 127. The van der Waals surface area contributed by atoms with E-state index in [0.717, 1.165) is 43.3 Å². The molecule has 0 fully saturated rings. The van der Waals surface area contributed by atoms with Gasteiger partial charge in [0, 0.05) is 20.1 Å². The number of nitrogens with zero attached hydrogens (tertiary/aromatic N) is 4. The highest BCUT2D eigenvalue weighted by molar-refractivity contribution is 14.0.